The van der Waals surface area contributed by atoms with Gasteiger partial charge in [-0.2, -0.15) is 0 Å². The molecule has 0 unspecified atom stereocenters. The molecule has 0 heterocycles. The molecular weight excluding hydrogens is 128 g/mol. The monoisotopic (exact) mass is 140 g/mol. The van der Waals surface area contributed by atoms with Crippen molar-refractivity contribution >= 4 is 0 Å². The van der Waals surface area contributed by atoms with Crippen molar-refractivity contribution in [1.29, 1.82) is 0 Å². The fraction of sp³-hybridized carbons (Fsp3) is 0.143. The van der Waals surface area contributed by atoms with Crippen LogP contribution in [0, 0.1) is 0 Å². The summed E-state index contributed by atoms with van der Waals surface area (Å²) in [5.41, 5.74) is 3.17. The zero-order valence-electron chi connectivity index (χ0n) is 5.75. The van der Waals surface area contributed by atoms with Crippen LogP contribution < -0.4 is 11.6 Å². The zero-order chi connectivity index (χ0) is 6.53. The standard InChI is InChI=1S/C7H9NO.H3N/c9-8-6-7-4-2-1-3-5-7;/h1-5,8-9H,6H2;1H3. The molecule has 0 fully saturated rings. The van der Waals surface area contributed by atoms with Crippen LogP contribution in [0.15, 0.2) is 30.3 Å². The average Bonchev–Trinajstić information content (AvgIpc) is 1.91. The zero-order valence-corrected chi connectivity index (χ0v) is 5.75. The van der Waals surface area contributed by atoms with Crippen molar-refractivity contribution in [2.75, 3.05) is 0 Å². The molecular formula is C7H12N2O. The average molecular weight is 140 g/mol. The molecule has 0 saturated heterocycles. The van der Waals surface area contributed by atoms with Crippen LogP contribution in [-0.4, -0.2) is 5.21 Å². The van der Waals surface area contributed by atoms with Gasteiger partial charge in [-0.05, 0) is 5.56 Å². The highest BCUT2D eigenvalue weighted by molar-refractivity contribution is 5.13. The third-order valence-electron chi connectivity index (χ3n) is 1.13. The molecule has 10 heavy (non-hydrogen) atoms. The van der Waals surface area contributed by atoms with Gasteiger partial charge in [0.2, 0.25) is 0 Å². The van der Waals surface area contributed by atoms with E-state index < -0.39 is 0 Å². The maximum Gasteiger partial charge on any atom is 0.0458 e. The van der Waals surface area contributed by atoms with Crippen LogP contribution in [0.2, 0.25) is 0 Å². The summed E-state index contributed by atoms with van der Waals surface area (Å²) in [6.45, 7) is 0.515. The Morgan fingerprint density at radius 1 is 1.20 bits per heavy atom. The highest BCUT2D eigenvalue weighted by Crippen LogP contribution is 1.95. The van der Waals surface area contributed by atoms with E-state index in [0.29, 0.717) is 6.54 Å². The second kappa shape index (κ2) is 4.93. The van der Waals surface area contributed by atoms with Gasteiger partial charge in [0, 0.05) is 6.54 Å². The molecule has 0 aromatic heterocycles. The molecule has 0 aliphatic heterocycles. The lowest BCUT2D eigenvalue weighted by Gasteiger charge is -1.94. The second-order valence-electron chi connectivity index (χ2n) is 1.82. The van der Waals surface area contributed by atoms with Gasteiger partial charge >= 0.3 is 0 Å². The first kappa shape index (κ1) is 9.10. The molecule has 0 spiro atoms. The predicted molar refractivity (Wildman–Crippen MR) is 40.1 cm³/mol. The van der Waals surface area contributed by atoms with Crippen LogP contribution in [0.4, 0.5) is 0 Å². The minimum absolute atomic E-state index is 0. The number of nitrogens with one attached hydrogen (secondary N) is 1. The van der Waals surface area contributed by atoms with Crippen LogP contribution >= 0.6 is 0 Å². The van der Waals surface area contributed by atoms with Gasteiger partial charge < -0.3 is 11.4 Å². The van der Waals surface area contributed by atoms with Gasteiger partial charge in [0.05, 0.1) is 0 Å². The first-order chi connectivity index (χ1) is 4.43. The molecule has 1 aromatic carbocycles. The van der Waals surface area contributed by atoms with Crippen molar-refractivity contribution in [3.05, 3.63) is 35.9 Å². The molecule has 56 valence electrons. The minimum Gasteiger partial charge on any atom is -0.344 e. The lowest BCUT2D eigenvalue weighted by molar-refractivity contribution is 0.161. The van der Waals surface area contributed by atoms with Gasteiger partial charge in [-0.15, -0.1) is 0 Å². The fourth-order valence-corrected chi connectivity index (χ4v) is 0.687. The molecule has 0 atom stereocenters. The number of hydrogen-bond acceptors (Lipinski definition) is 3. The SMILES string of the molecule is N.ONCc1ccccc1. The summed E-state index contributed by atoms with van der Waals surface area (Å²) in [5.74, 6) is 0. The molecule has 0 radical (unpaired) electrons. The van der Waals surface area contributed by atoms with Crippen molar-refractivity contribution < 1.29 is 5.21 Å². The molecule has 3 nitrogen and oxygen atoms in total. The molecule has 3 heteroatoms. The Hall–Kier alpha value is -0.900. The van der Waals surface area contributed by atoms with E-state index >= 15 is 0 Å². The van der Waals surface area contributed by atoms with Crippen molar-refractivity contribution in [1.82, 2.24) is 11.6 Å². The van der Waals surface area contributed by atoms with E-state index in [4.69, 9.17) is 5.21 Å². The highest BCUT2D eigenvalue weighted by atomic mass is 16.5. The quantitative estimate of drug-likeness (QED) is 0.543. The summed E-state index contributed by atoms with van der Waals surface area (Å²) >= 11 is 0. The Kier molecular flexibility index (Phi) is 4.49. The second-order valence-corrected chi connectivity index (χ2v) is 1.82. The van der Waals surface area contributed by atoms with Crippen LogP contribution in [0.1, 0.15) is 5.56 Å². The Morgan fingerprint density at radius 3 is 2.30 bits per heavy atom. The van der Waals surface area contributed by atoms with Gasteiger partial charge in [-0.25, -0.2) is 5.48 Å². The third-order valence-corrected chi connectivity index (χ3v) is 1.13. The third kappa shape index (κ3) is 2.59. The van der Waals surface area contributed by atoms with Gasteiger partial charge in [0.15, 0.2) is 0 Å². The van der Waals surface area contributed by atoms with Gasteiger partial charge in [0.25, 0.3) is 0 Å². The smallest absolute Gasteiger partial charge is 0.0458 e. The first-order valence-corrected chi connectivity index (χ1v) is 2.84. The van der Waals surface area contributed by atoms with Gasteiger partial charge in [-0.3, -0.25) is 0 Å². The molecule has 0 aliphatic rings. The molecule has 0 saturated carbocycles. The van der Waals surface area contributed by atoms with Crippen LogP contribution in [0.5, 0.6) is 0 Å². The maximum absolute atomic E-state index is 8.27. The minimum atomic E-state index is 0. The van der Waals surface area contributed by atoms with Crippen LogP contribution in [0.3, 0.4) is 0 Å². The Labute approximate surface area is 60.2 Å². The van der Waals surface area contributed by atoms with Gasteiger partial charge in [0.1, 0.15) is 0 Å². The highest BCUT2D eigenvalue weighted by Gasteiger charge is 1.84. The summed E-state index contributed by atoms with van der Waals surface area (Å²) in [6.07, 6.45) is 0. The Balaban J connectivity index is 0.000000810. The van der Waals surface area contributed by atoms with Crippen molar-refractivity contribution in [3.8, 4) is 0 Å². The predicted octanol–water partition coefficient (Wildman–Crippen LogP) is 1.33. The number of hydroxylamine groups is 1. The van der Waals surface area contributed by atoms with Crippen molar-refractivity contribution in [3.63, 3.8) is 0 Å². The fourth-order valence-electron chi connectivity index (χ4n) is 0.687. The lowest BCUT2D eigenvalue weighted by atomic mass is 10.2. The van der Waals surface area contributed by atoms with E-state index in [-0.39, 0.29) is 6.15 Å². The van der Waals surface area contributed by atoms with E-state index in [1.54, 1.807) is 0 Å². The number of benzene rings is 1. The van der Waals surface area contributed by atoms with E-state index in [0.717, 1.165) is 5.56 Å². The normalized spacial score (nSPS) is 8.50. The topological polar surface area (TPSA) is 67.3 Å². The Morgan fingerprint density at radius 2 is 1.80 bits per heavy atom. The largest absolute Gasteiger partial charge is 0.344 e. The Bertz CT molecular complexity index is 165. The molecule has 0 bridgehead atoms. The van der Waals surface area contributed by atoms with E-state index in [2.05, 4.69) is 5.48 Å². The summed E-state index contributed by atoms with van der Waals surface area (Å²) in [4.78, 5) is 0. The molecule has 0 aliphatic carbocycles. The number of hydrogen-bond donors (Lipinski definition) is 3. The van der Waals surface area contributed by atoms with Crippen molar-refractivity contribution in [2.24, 2.45) is 0 Å². The van der Waals surface area contributed by atoms with E-state index in [9.17, 15) is 0 Å². The van der Waals surface area contributed by atoms with Crippen LogP contribution in [-0.2, 0) is 6.54 Å². The molecule has 1 aromatic rings. The maximum atomic E-state index is 8.27. The summed E-state index contributed by atoms with van der Waals surface area (Å²) < 4.78 is 0. The summed E-state index contributed by atoms with van der Waals surface area (Å²) in [5, 5.41) is 8.27. The van der Waals surface area contributed by atoms with Crippen LogP contribution in [0.25, 0.3) is 0 Å². The van der Waals surface area contributed by atoms with E-state index in [1.165, 1.54) is 0 Å². The van der Waals surface area contributed by atoms with E-state index in [1.807, 2.05) is 30.3 Å². The number of rotatable bonds is 2. The van der Waals surface area contributed by atoms with Gasteiger partial charge in [-0.1, -0.05) is 30.3 Å². The molecule has 1 rings (SSSR count). The lowest BCUT2D eigenvalue weighted by Crippen LogP contribution is -2.05. The summed E-state index contributed by atoms with van der Waals surface area (Å²) in [7, 11) is 0. The first-order valence-electron chi connectivity index (χ1n) is 2.84. The molecule has 0 amide bonds. The summed E-state index contributed by atoms with van der Waals surface area (Å²) in [6, 6.07) is 9.71. The molecule has 5 N–H and O–H groups in total. The van der Waals surface area contributed by atoms with Crippen molar-refractivity contribution in [2.45, 2.75) is 6.54 Å².